The second-order valence-electron chi connectivity index (χ2n) is 8.96. The minimum atomic E-state index is -0.418. The summed E-state index contributed by atoms with van der Waals surface area (Å²) in [6.45, 7) is 9.04. The SMILES string of the molecule is COC(=O)/C=C/c1cccc(NC(=O)c2ccc3c(c2)C(C)(C)CCC3(C)C)c1. The van der Waals surface area contributed by atoms with E-state index in [-0.39, 0.29) is 16.7 Å². The molecule has 1 aliphatic rings. The minimum Gasteiger partial charge on any atom is -0.466 e. The predicted molar refractivity (Wildman–Crippen MR) is 117 cm³/mol. The van der Waals surface area contributed by atoms with E-state index in [1.165, 1.54) is 24.3 Å². The van der Waals surface area contributed by atoms with Gasteiger partial charge in [0.2, 0.25) is 0 Å². The standard InChI is InChI=1S/C25H29NO3/c1-24(2)13-14-25(3,4)21-16-18(10-11-20(21)24)23(28)26-19-8-6-7-17(15-19)9-12-22(27)29-5/h6-12,15-16H,13-14H2,1-5H3,(H,26,28)/b12-9+. The summed E-state index contributed by atoms with van der Waals surface area (Å²) in [7, 11) is 1.34. The number of anilines is 1. The molecule has 4 heteroatoms. The lowest BCUT2D eigenvalue weighted by atomic mass is 9.63. The predicted octanol–water partition coefficient (Wildman–Crippen LogP) is 5.47. The highest BCUT2D eigenvalue weighted by Crippen LogP contribution is 2.45. The molecule has 4 nitrogen and oxygen atoms in total. The van der Waals surface area contributed by atoms with Gasteiger partial charge in [0, 0.05) is 17.3 Å². The average molecular weight is 392 g/mol. The van der Waals surface area contributed by atoms with Gasteiger partial charge in [-0.1, -0.05) is 45.9 Å². The number of amides is 1. The molecule has 152 valence electrons. The van der Waals surface area contributed by atoms with Crippen LogP contribution in [-0.4, -0.2) is 19.0 Å². The van der Waals surface area contributed by atoms with Crippen LogP contribution in [0, 0.1) is 0 Å². The summed E-state index contributed by atoms with van der Waals surface area (Å²) >= 11 is 0. The van der Waals surface area contributed by atoms with Crippen LogP contribution in [0.2, 0.25) is 0 Å². The maximum Gasteiger partial charge on any atom is 0.330 e. The summed E-state index contributed by atoms with van der Waals surface area (Å²) < 4.78 is 4.61. The van der Waals surface area contributed by atoms with Crippen LogP contribution in [0.5, 0.6) is 0 Å². The summed E-state index contributed by atoms with van der Waals surface area (Å²) in [6.07, 6.45) is 5.26. The highest BCUT2D eigenvalue weighted by Gasteiger charge is 2.37. The van der Waals surface area contributed by atoms with E-state index in [4.69, 9.17) is 0 Å². The Kier molecular flexibility index (Phi) is 5.65. The zero-order valence-electron chi connectivity index (χ0n) is 17.8. The van der Waals surface area contributed by atoms with Crippen molar-refractivity contribution >= 4 is 23.6 Å². The van der Waals surface area contributed by atoms with E-state index < -0.39 is 5.97 Å². The van der Waals surface area contributed by atoms with E-state index in [2.05, 4.69) is 43.8 Å². The zero-order valence-corrected chi connectivity index (χ0v) is 17.8. The van der Waals surface area contributed by atoms with Gasteiger partial charge >= 0.3 is 5.97 Å². The smallest absolute Gasteiger partial charge is 0.330 e. The second-order valence-corrected chi connectivity index (χ2v) is 8.96. The maximum atomic E-state index is 12.9. The van der Waals surface area contributed by atoms with Crippen molar-refractivity contribution in [3.05, 3.63) is 70.8 Å². The number of fused-ring (bicyclic) bond motifs is 1. The first-order valence-corrected chi connectivity index (χ1v) is 9.95. The van der Waals surface area contributed by atoms with Crippen molar-refractivity contribution < 1.29 is 14.3 Å². The van der Waals surface area contributed by atoms with Crippen LogP contribution >= 0.6 is 0 Å². The number of ether oxygens (including phenoxy) is 1. The fraction of sp³-hybridized carbons (Fsp3) is 0.360. The Labute approximate surface area is 173 Å². The fourth-order valence-electron chi connectivity index (χ4n) is 3.89. The number of methoxy groups -OCH3 is 1. The topological polar surface area (TPSA) is 55.4 Å². The van der Waals surface area contributed by atoms with E-state index in [0.717, 1.165) is 18.4 Å². The van der Waals surface area contributed by atoms with Crippen LogP contribution in [-0.2, 0) is 20.4 Å². The van der Waals surface area contributed by atoms with Crippen LogP contribution in [0.25, 0.3) is 6.08 Å². The lowest BCUT2D eigenvalue weighted by Gasteiger charge is -2.42. The Morgan fingerprint density at radius 2 is 1.66 bits per heavy atom. The van der Waals surface area contributed by atoms with Gasteiger partial charge < -0.3 is 10.1 Å². The fourth-order valence-corrected chi connectivity index (χ4v) is 3.89. The van der Waals surface area contributed by atoms with Crippen LogP contribution in [0.1, 0.15) is 67.6 Å². The number of esters is 1. The largest absolute Gasteiger partial charge is 0.466 e. The van der Waals surface area contributed by atoms with E-state index >= 15 is 0 Å². The third kappa shape index (κ3) is 4.58. The summed E-state index contributed by atoms with van der Waals surface area (Å²) in [5.74, 6) is -0.555. The molecule has 2 aromatic rings. The van der Waals surface area contributed by atoms with Crippen LogP contribution in [0.3, 0.4) is 0 Å². The third-order valence-electron chi connectivity index (χ3n) is 5.87. The molecule has 0 unspecified atom stereocenters. The number of benzene rings is 2. The molecule has 0 bridgehead atoms. The van der Waals surface area contributed by atoms with Crippen LogP contribution in [0.4, 0.5) is 5.69 Å². The minimum absolute atomic E-state index is 0.0553. The van der Waals surface area contributed by atoms with Crippen LogP contribution < -0.4 is 5.32 Å². The molecule has 3 rings (SSSR count). The molecule has 0 radical (unpaired) electrons. The second kappa shape index (κ2) is 7.86. The number of rotatable bonds is 4. The van der Waals surface area contributed by atoms with Crippen molar-refractivity contribution in [1.82, 2.24) is 0 Å². The highest BCUT2D eigenvalue weighted by molar-refractivity contribution is 6.04. The molecule has 1 N–H and O–H groups in total. The van der Waals surface area contributed by atoms with Crippen molar-refractivity contribution in [2.45, 2.75) is 51.4 Å². The Morgan fingerprint density at radius 1 is 0.966 bits per heavy atom. The molecular formula is C25H29NO3. The first kappa shape index (κ1) is 20.8. The first-order chi connectivity index (χ1) is 13.6. The molecule has 0 aromatic heterocycles. The Hall–Kier alpha value is -2.88. The maximum absolute atomic E-state index is 12.9. The molecule has 0 spiro atoms. The lowest BCUT2D eigenvalue weighted by Crippen LogP contribution is -2.34. The number of carbonyl (C=O) groups excluding carboxylic acids is 2. The quantitative estimate of drug-likeness (QED) is 0.555. The van der Waals surface area contributed by atoms with Crippen molar-refractivity contribution in [2.24, 2.45) is 0 Å². The molecule has 0 aliphatic heterocycles. The Morgan fingerprint density at radius 3 is 2.34 bits per heavy atom. The van der Waals surface area contributed by atoms with E-state index in [0.29, 0.717) is 11.3 Å². The van der Waals surface area contributed by atoms with E-state index in [1.807, 2.05) is 36.4 Å². The summed E-state index contributed by atoms with van der Waals surface area (Å²) in [6, 6.07) is 13.4. The Bertz CT molecular complexity index is 970. The van der Waals surface area contributed by atoms with Gasteiger partial charge in [0.1, 0.15) is 0 Å². The molecule has 1 aliphatic carbocycles. The molecule has 0 atom stereocenters. The van der Waals surface area contributed by atoms with Crippen molar-refractivity contribution in [3.63, 3.8) is 0 Å². The molecule has 2 aromatic carbocycles. The van der Waals surface area contributed by atoms with Gasteiger partial charge in [0.15, 0.2) is 0 Å². The monoisotopic (exact) mass is 391 g/mol. The molecule has 0 heterocycles. The summed E-state index contributed by atoms with van der Waals surface area (Å²) in [5, 5.41) is 2.97. The molecule has 29 heavy (non-hydrogen) atoms. The zero-order chi connectivity index (χ0) is 21.2. The van der Waals surface area contributed by atoms with Gasteiger partial charge in [-0.25, -0.2) is 4.79 Å². The van der Waals surface area contributed by atoms with Gasteiger partial charge in [-0.3, -0.25) is 4.79 Å². The summed E-state index contributed by atoms with van der Waals surface area (Å²) in [4.78, 5) is 24.2. The Balaban J connectivity index is 1.84. The van der Waals surface area contributed by atoms with E-state index in [1.54, 1.807) is 6.08 Å². The van der Waals surface area contributed by atoms with Gasteiger partial charge in [0.25, 0.3) is 5.91 Å². The van der Waals surface area contributed by atoms with Gasteiger partial charge in [-0.2, -0.15) is 0 Å². The number of hydrogen-bond acceptors (Lipinski definition) is 3. The van der Waals surface area contributed by atoms with Gasteiger partial charge in [0.05, 0.1) is 7.11 Å². The van der Waals surface area contributed by atoms with Crippen molar-refractivity contribution in [2.75, 3.05) is 12.4 Å². The third-order valence-corrected chi connectivity index (χ3v) is 5.87. The lowest BCUT2D eigenvalue weighted by molar-refractivity contribution is -0.134. The van der Waals surface area contributed by atoms with Crippen molar-refractivity contribution in [1.29, 1.82) is 0 Å². The van der Waals surface area contributed by atoms with Crippen LogP contribution in [0.15, 0.2) is 48.5 Å². The van der Waals surface area contributed by atoms with Gasteiger partial charge in [-0.15, -0.1) is 0 Å². The normalized spacial score (nSPS) is 16.9. The molecule has 0 saturated heterocycles. The molecule has 0 fully saturated rings. The number of nitrogens with one attached hydrogen (secondary N) is 1. The molecule has 0 saturated carbocycles. The number of carbonyl (C=O) groups is 2. The summed E-state index contributed by atoms with van der Waals surface area (Å²) in [5.41, 5.74) is 4.92. The van der Waals surface area contributed by atoms with Gasteiger partial charge in [-0.05, 0) is 70.7 Å². The van der Waals surface area contributed by atoms with Crippen molar-refractivity contribution in [3.8, 4) is 0 Å². The van der Waals surface area contributed by atoms with E-state index in [9.17, 15) is 9.59 Å². The highest BCUT2D eigenvalue weighted by atomic mass is 16.5. The first-order valence-electron chi connectivity index (χ1n) is 9.95. The molecule has 1 amide bonds. The number of hydrogen-bond donors (Lipinski definition) is 1. The molecular weight excluding hydrogens is 362 g/mol. The average Bonchev–Trinajstić information content (AvgIpc) is 2.69.